The Bertz CT molecular complexity index is 527. The molecule has 0 aromatic heterocycles. The van der Waals surface area contributed by atoms with Crippen molar-refractivity contribution in [1.29, 1.82) is 0 Å². The van der Waals surface area contributed by atoms with E-state index in [2.05, 4.69) is 20.9 Å². The van der Waals surface area contributed by atoms with Crippen LogP contribution in [0.3, 0.4) is 0 Å². The van der Waals surface area contributed by atoms with E-state index in [1.165, 1.54) is 27.4 Å². The number of rotatable bonds is 4. The highest BCUT2D eigenvalue weighted by Gasteiger charge is 2.22. The lowest BCUT2D eigenvalue weighted by Gasteiger charge is -2.15. The third kappa shape index (κ3) is 3.08. The molecular formula is C11H14BrN3O4. The molecule has 0 radical (unpaired) electrons. The number of guanidine groups is 1. The maximum atomic E-state index is 11.9. The van der Waals surface area contributed by atoms with Crippen LogP contribution in [-0.4, -0.2) is 33.2 Å². The molecule has 0 unspecified atom stereocenters. The molecule has 0 aliphatic heterocycles. The van der Waals surface area contributed by atoms with Gasteiger partial charge < -0.3 is 25.7 Å². The third-order valence-electron chi connectivity index (χ3n) is 2.23. The minimum Gasteiger partial charge on any atom is -0.493 e. The fourth-order valence-electron chi connectivity index (χ4n) is 1.45. The Balaban J connectivity index is 3.50. The van der Waals surface area contributed by atoms with Gasteiger partial charge in [0.05, 0.1) is 31.4 Å². The molecule has 19 heavy (non-hydrogen) atoms. The Hall–Kier alpha value is -1.96. The van der Waals surface area contributed by atoms with Crippen LogP contribution in [0.25, 0.3) is 0 Å². The minimum atomic E-state index is -0.619. The predicted octanol–water partition coefficient (Wildman–Crippen LogP) is 0.889. The number of ether oxygens (including phenoxy) is 3. The first kappa shape index (κ1) is 15.1. The van der Waals surface area contributed by atoms with E-state index in [9.17, 15) is 4.79 Å². The second-order valence-electron chi connectivity index (χ2n) is 3.35. The monoisotopic (exact) mass is 331 g/mol. The molecule has 0 bridgehead atoms. The standard InChI is InChI=1S/C11H14BrN3O4/c1-17-6-4-5(10(16)15-11(13)14)7(12)9(19-3)8(6)18-2/h4H,1-3H3,(H4,13,14,15,16). The van der Waals surface area contributed by atoms with Crippen molar-refractivity contribution in [2.75, 3.05) is 21.3 Å². The highest BCUT2D eigenvalue weighted by molar-refractivity contribution is 9.10. The molecule has 7 nitrogen and oxygen atoms in total. The van der Waals surface area contributed by atoms with Crippen LogP contribution in [-0.2, 0) is 0 Å². The zero-order valence-corrected chi connectivity index (χ0v) is 12.3. The molecule has 0 atom stereocenters. The predicted molar refractivity (Wildman–Crippen MR) is 73.9 cm³/mol. The van der Waals surface area contributed by atoms with Crippen LogP contribution >= 0.6 is 15.9 Å². The van der Waals surface area contributed by atoms with Gasteiger partial charge in [-0.25, -0.2) is 0 Å². The Morgan fingerprint density at radius 1 is 1.16 bits per heavy atom. The summed E-state index contributed by atoms with van der Waals surface area (Å²) in [6, 6.07) is 1.46. The van der Waals surface area contributed by atoms with Gasteiger partial charge in [0.1, 0.15) is 0 Å². The van der Waals surface area contributed by atoms with Crippen molar-refractivity contribution in [2.24, 2.45) is 16.5 Å². The first-order chi connectivity index (χ1) is 8.96. The van der Waals surface area contributed by atoms with E-state index in [-0.39, 0.29) is 11.5 Å². The normalized spacial score (nSPS) is 9.68. The van der Waals surface area contributed by atoms with Crippen molar-refractivity contribution in [1.82, 2.24) is 0 Å². The minimum absolute atomic E-state index is 0.197. The molecular weight excluding hydrogens is 318 g/mol. The molecule has 0 aliphatic carbocycles. The van der Waals surface area contributed by atoms with Crippen LogP contribution in [0, 0.1) is 0 Å². The average Bonchev–Trinajstić information content (AvgIpc) is 2.36. The average molecular weight is 332 g/mol. The van der Waals surface area contributed by atoms with Gasteiger partial charge >= 0.3 is 0 Å². The van der Waals surface area contributed by atoms with E-state index in [1.807, 2.05) is 0 Å². The van der Waals surface area contributed by atoms with Gasteiger partial charge in [0.25, 0.3) is 5.91 Å². The molecule has 0 saturated heterocycles. The van der Waals surface area contributed by atoms with E-state index in [0.29, 0.717) is 21.7 Å². The number of halogens is 1. The van der Waals surface area contributed by atoms with Crippen molar-refractivity contribution in [3.8, 4) is 17.2 Å². The van der Waals surface area contributed by atoms with Crippen LogP contribution < -0.4 is 25.7 Å². The van der Waals surface area contributed by atoms with Gasteiger partial charge in [-0.1, -0.05) is 0 Å². The van der Waals surface area contributed by atoms with Crippen LogP contribution in [0.4, 0.5) is 0 Å². The lowest BCUT2D eigenvalue weighted by atomic mass is 10.1. The Morgan fingerprint density at radius 2 is 1.74 bits per heavy atom. The fourth-order valence-corrected chi connectivity index (χ4v) is 2.08. The quantitative estimate of drug-likeness (QED) is 0.626. The fraction of sp³-hybridized carbons (Fsp3) is 0.273. The molecule has 0 saturated carbocycles. The SMILES string of the molecule is COc1cc(C(=O)N=C(N)N)c(Br)c(OC)c1OC. The van der Waals surface area contributed by atoms with E-state index in [1.54, 1.807) is 0 Å². The summed E-state index contributed by atoms with van der Waals surface area (Å²) in [6.45, 7) is 0. The van der Waals surface area contributed by atoms with E-state index in [0.717, 1.165) is 0 Å². The Morgan fingerprint density at radius 3 is 2.16 bits per heavy atom. The molecule has 0 fully saturated rings. The van der Waals surface area contributed by atoms with E-state index >= 15 is 0 Å². The number of hydrogen-bond acceptors (Lipinski definition) is 4. The molecule has 0 spiro atoms. The van der Waals surface area contributed by atoms with Crippen molar-refractivity contribution < 1.29 is 19.0 Å². The first-order valence-corrected chi connectivity index (χ1v) is 5.88. The number of nitrogens with two attached hydrogens (primary N) is 2. The van der Waals surface area contributed by atoms with Crippen molar-refractivity contribution in [2.45, 2.75) is 0 Å². The van der Waals surface area contributed by atoms with Gasteiger partial charge in [-0.3, -0.25) is 4.79 Å². The Kier molecular flexibility index (Phi) is 4.99. The Labute approximate surface area is 118 Å². The molecule has 1 rings (SSSR count). The molecule has 0 aliphatic rings. The van der Waals surface area contributed by atoms with Gasteiger partial charge in [0, 0.05) is 0 Å². The molecule has 1 aromatic carbocycles. The number of aliphatic imine (C=N–C) groups is 1. The summed E-state index contributed by atoms with van der Waals surface area (Å²) < 4.78 is 15.9. The molecule has 0 heterocycles. The number of carbonyl (C=O) groups is 1. The maximum Gasteiger partial charge on any atom is 0.281 e. The lowest BCUT2D eigenvalue weighted by Crippen LogP contribution is -2.24. The summed E-state index contributed by atoms with van der Waals surface area (Å²) in [4.78, 5) is 15.3. The second-order valence-corrected chi connectivity index (χ2v) is 4.14. The van der Waals surface area contributed by atoms with Crippen LogP contribution in [0.5, 0.6) is 17.2 Å². The first-order valence-electron chi connectivity index (χ1n) is 5.08. The lowest BCUT2D eigenvalue weighted by molar-refractivity contribution is 0.100. The summed E-state index contributed by atoms with van der Waals surface area (Å²) in [6.07, 6.45) is 0. The van der Waals surface area contributed by atoms with Crippen molar-refractivity contribution in [3.05, 3.63) is 16.1 Å². The summed E-state index contributed by atoms with van der Waals surface area (Å²) >= 11 is 3.25. The summed E-state index contributed by atoms with van der Waals surface area (Å²) in [5, 5.41) is 0. The van der Waals surface area contributed by atoms with Crippen LogP contribution in [0.1, 0.15) is 10.4 Å². The van der Waals surface area contributed by atoms with E-state index in [4.69, 9.17) is 25.7 Å². The number of nitrogens with zero attached hydrogens (tertiary/aromatic N) is 1. The third-order valence-corrected chi connectivity index (χ3v) is 3.02. The molecule has 1 aromatic rings. The number of benzene rings is 1. The summed E-state index contributed by atoms with van der Waals surface area (Å²) in [5.41, 5.74) is 10.6. The number of methoxy groups -OCH3 is 3. The van der Waals surface area contributed by atoms with Crippen LogP contribution in [0.2, 0.25) is 0 Å². The van der Waals surface area contributed by atoms with Gasteiger partial charge in [-0.15, -0.1) is 0 Å². The second kappa shape index (κ2) is 6.28. The zero-order chi connectivity index (χ0) is 14.6. The van der Waals surface area contributed by atoms with Gasteiger partial charge in [0.2, 0.25) is 5.75 Å². The van der Waals surface area contributed by atoms with Gasteiger partial charge in [-0.05, 0) is 22.0 Å². The summed E-state index contributed by atoms with van der Waals surface area (Å²) in [7, 11) is 4.35. The van der Waals surface area contributed by atoms with Crippen molar-refractivity contribution >= 4 is 27.8 Å². The topological polar surface area (TPSA) is 109 Å². The molecule has 4 N–H and O–H groups in total. The summed E-state index contributed by atoms with van der Waals surface area (Å²) in [5.74, 6) is 0.0580. The largest absolute Gasteiger partial charge is 0.493 e. The number of amides is 1. The highest BCUT2D eigenvalue weighted by atomic mass is 79.9. The van der Waals surface area contributed by atoms with Gasteiger partial charge in [-0.2, -0.15) is 4.99 Å². The smallest absolute Gasteiger partial charge is 0.281 e. The highest BCUT2D eigenvalue weighted by Crippen LogP contribution is 2.44. The number of carbonyl (C=O) groups excluding carboxylic acids is 1. The van der Waals surface area contributed by atoms with E-state index < -0.39 is 5.91 Å². The molecule has 104 valence electrons. The van der Waals surface area contributed by atoms with Crippen molar-refractivity contribution in [3.63, 3.8) is 0 Å². The maximum absolute atomic E-state index is 11.9. The zero-order valence-electron chi connectivity index (χ0n) is 10.7. The molecule has 8 heteroatoms. The number of hydrogen-bond donors (Lipinski definition) is 2. The van der Waals surface area contributed by atoms with Gasteiger partial charge in [0.15, 0.2) is 17.5 Å². The van der Waals surface area contributed by atoms with Crippen LogP contribution in [0.15, 0.2) is 15.5 Å². The molecule has 1 amide bonds.